The largest absolute Gasteiger partial charge is 0.608 e. The molecule has 0 fully saturated rings. The zero-order valence-corrected chi connectivity index (χ0v) is 6.74. The van der Waals surface area contributed by atoms with Gasteiger partial charge in [0.25, 0.3) is 0 Å². The summed E-state index contributed by atoms with van der Waals surface area (Å²) in [5, 5.41) is 10.8. The van der Waals surface area contributed by atoms with Gasteiger partial charge in [-0.1, -0.05) is 19.9 Å². The highest BCUT2D eigenvalue weighted by Gasteiger charge is 1.93. The fourth-order valence-electron chi connectivity index (χ4n) is 0.650. The summed E-state index contributed by atoms with van der Waals surface area (Å²) in [5.41, 5.74) is 3.53. The molecule has 0 rings (SSSR count). The first kappa shape index (κ1) is 9.46. The van der Waals surface area contributed by atoms with E-state index in [1.807, 2.05) is 6.92 Å². The monoisotopic (exact) mass is 144 g/mol. The van der Waals surface area contributed by atoms with Crippen LogP contribution in [0.25, 0.3) is 0 Å². The molecule has 0 aromatic rings. The lowest BCUT2D eigenvalue weighted by Gasteiger charge is -2.22. The summed E-state index contributed by atoms with van der Waals surface area (Å²) in [7, 11) is 0. The summed E-state index contributed by atoms with van der Waals surface area (Å²) in [6, 6.07) is 0. The van der Waals surface area contributed by atoms with E-state index in [4.69, 9.17) is 0 Å². The van der Waals surface area contributed by atoms with Gasteiger partial charge in [-0.05, 0) is 13.3 Å². The van der Waals surface area contributed by atoms with Crippen molar-refractivity contribution < 1.29 is 5.17 Å². The molecule has 0 aliphatic rings. The Morgan fingerprint density at radius 3 is 2.60 bits per heavy atom. The molecule has 0 radical (unpaired) electrons. The lowest BCUT2D eigenvalue weighted by atomic mass is 10.3. The Kier molecular flexibility index (Phi) is 4.98. The van der Waals surface area contributed by atoms with E-state index < -0.39 is 0 Å². The van der Waals surface area contributed by atoms with Gasteiger partial charge in [-0.15, -0.1) is 0 Å². The molecule has 1 atom stereocenters. The second-order valence-corrected chi connectivity index (χ2v) is 2.26. The molecule has 60 valence electrons. The lowest BCUT2D eigenvalue weighted by molar-refractivity contribution is -0.889. The van der Waals surface area contributed by atoms with Gasteiger partial charge in [-0.2, -0.15) is 0 Å². The van der Waals surface area contributed by atoms with Crippen molar-refractivity contribution in [2.24, 2.45) is 0 Å². The molecule has 0 amide bonds. The fraction of sp³-hybridized carbons (Fsp3) is 0.714. The molecule has 0 aromatic carbocycles. The Morgan fingerprint density at radius 2 is 2.20 bits per heavy atom. The number of hydrogen-bond donors (Lipinski definition) is 2. The zero-order chi connectivity index (χ0) is 7.98. The molecule has 0 saturated heterocycles. The van der Waals surface area contributed by atoms with Crippen molar-refractivity contribution >= 4 is 0 Å². The van der Waals surface area contributed by atoms with Gasteiger partial charge in [0.15, 0.2) is 0 Å². The smallest absolute Gasteiger partial charge is 0.0962 e. The highest BCUT2D eigenvalue weighted by atomic mass is 16.5. The van der Waals surface area contributed by atoms with E-state index in [1.165, 1.54) is 0 Å². The maximum Gasteiger partial charge on any atom is 0.0962 e. The Hall–Kier alpha value is -0.540. The highest BCUT2D eigenvalue weighted by molar-refractivity contribution is 4.85. The van der Waals surface area contributed by atoms with E-state index in [0.29, 0.717) is 6.54 Å². The van der Waals surface area contributed by atoms with E-state index in [2.05, 4.69) is 18.9 Å². The summed E-state index contributed by atoms with van der Waals surface area (Å²) in [4.78, 5) is 0. The fourth-order valence-corrected chi connectivity index (χ4v) is 0.650. The van der Waals surface area contributed by atoms with Gasteiger partial charge in [-0.25, -0.2) is 5.43 Å². The topological polar surface area (TPSA) is 39.5 Å². The third-order valence-corrected chi connectivity index (χ3v) is 1.19. The van der Waals surface area contributed by atoms with E-state index in [1.54, 1.807) is 0 Å². The minimum atomic E-state index is 0.0541. The summed E-state index contributed by atoms with van der Waals surface area (Å²) in [6.45, 7) is 8.12. The van der Waals surface area contributed by atoms with E-state index in [9.17, 15) is 5.21 Å². The van der Waals surface area contributed by atoms with Crippen LogP contribution in [0.2, 0.25) is 0 Å². The molecule has 1 unspecified atom stereocenters. The Labute approximate surface area is 62.3 Å². The third kappa shape index (κ3) is 4.35. The number of nitrogens with one attached hydrogen (secondary N) is 2. The van der Waals surface area contributed by atoms with Crippen molar-refractivity contribution in [1.29, 1.82) is 0 Å². The van der Waals surface area contributed by atoms with Crippen LogP contribution in [0.15, 0.2) is 12.3 Å². The number of allylic oxidation sites excluding steroid dienone is 1. The van der Waals surface area contributed by atoms with Crippen LogP contribution in [0.3, 0.4) is 0 Å². The molecule has 3 heteroatoms. The van der Waals surface area contributed by atoms with Crippen LogP contribution < -0.4 is 10.6 Å². The summed E-state index contributed by atoms with van der Waals surface area (Å²) in [5.74, 6) is 0. The van der Waals surface area contributed by atoms with Crippen LogP contribution in [0.4, 0.5) is 0 Å². The molecule has 3 nitrogen and oxygen atoms in total. The quantitative estimate of drug-likeness (QED) is 0.541. The third-order valence-electron chi connectivity index (χ3n) is 1.19. The first-order chi connectivity index (χ1) is 4.70. The predicted octanol–water partition coefficient (Wildman–Crippen LogP) is 0.207. The SMILES string of the molecule is C=C(CCC)N[NH+]([O-])CC. The molecule has 0 heterocycles. The van der Waals surface area contributed by atoms with E-state index in [0.717, 1.165) is 18.5 Å². The Balaban J connectivity index is 3.37. The van der Waals surface area contributed by atoms with Gasteiger partial charge in [0.05, 0.1) is 12.2 Å². The second kappa shape index (κ2) is 5.26. The molecule has 0 saturated carbocycles. The molecular weight excluding hydrogens is 128 g/mol. The first-order valence-corrected chi connectivity index (χ1v) is 3.68. The summed E-state index contributed by atoms with van der Waals surface area (Å²) in [6.07, 6.45) is 1.91. The van der Waals surface area contributed by atoms with Gasteiger partial charge in [0, 0.05) is 0 Å². The normalized spacial score (nSPS) is 12.7. The number of rotatable bonds is 5. The maximum atomic E-state index is 10.7. The van der Waals surface area contributed by atoms with Crippen molar-refractivity contribution in [3.8, 4) is 0 Å². The molecule has 0 aromatic heterocycles. The van der Waals surface area contributed by atoms with Crippen molar-refractivity contribution in [3.63, 3.8) is 0 Å². The van der Waals surface area contributed by atoms with Gasteiger partial charge in [0.1, 0.15) is 0 Å². The second-order valence-electron chi connectivity index (χ2n) is 2.26. The standard InChI is InChI=1S/C7H16N2O/c1-4-6-7(3)8-9(10)5-2/h8-9H,3-6H2,1-2H3. The van der Waals surface area contributed by atoms with Crippen molar-refractivity contribution in [2.45, 2.75) is 26.7 Å². The van der Waals surface area contributed by atoms with Crippen molar-refractivity contribution in [3.05, 3.63) is 17.5 Å². The van der Waals surface area contributed by atoms with E-state index >= 15 is 0 Å². The highest BCUT2D eigenvalue weighted by Crippen LogP contribution is 1.93. The van der Waals surface area contributed by atoms with E-state index in [-0.39, 0.29) is 5.17 Å². The molecule has 0 spiro atoms. The molecular formula is C7H16N2O. The van der Waals surface area contributed by atoms with Gasteiger partial charge < -0.3 is 5.21 Å². The van der Waals surface area contributed by atoms with Crippen LogP contribution in [-0.2, 0) is 0 Å². The molecule has 0 bridgehead atoms. The van der Waals surface area contributed by atoms with Crippen LogP contribution in [-0.4, -0.2) is 6.54 Å². The maximum absolute atomic E-state index is 10.7. The molecule has 0 aliphatic carbocycles. The summed E-state index contributed by atoms with van der Waals surface area (Å²) < 4.78 is 0. The number of quaternary nitrogens is 1. The van der Waals surface area contributed by atoms with Crippen molar-refractivity contribution in [2.75, 3.05) is 6.54 Å². The van der Waals surface area contributed by atoms with Gasteiger partial charge >= 0.3 is 0 Å². The van der Waals surface area contributed by atoms with Crippen LogP contribution in [0, 0.1) is 5.21 Å². The van der Waals surface area contributed by atoms with Gasteiger partial charge in [-0.3, -0.25) is 5.17 Å². The van der Waals surface area contributed by atoms with Crippen molar-refractivity contribution in [1.82, 2.24) is 5.43 Å². The molecule has 2 N–H and O–H groups in total. The predicted molar refractivity (Wildman–Crippen MR) is 42.1 cm³/mol. The average Bonchev–Trinajstić information content (AvgIpc) is 1.88. The Morgan fingerprint density at radius 1 is 1.60 bits per heavy atom. The average molecular weight is 144 g/mol. The first-order valence-electron chi connectivity index (χ1n) is 3.68. The molecule has 10 heavy (non-hydrogen) atoms. The van der Waals surface area contributed by atoms with Crippen LogP contribution in [0.1, 0.15) is 26.7 Å². The lowest BCUT2D eigenvalue weighted by Crippen LogP contribution is -3.13. The zero-order valence-electron chi connectivity index (χ0n) is 6.74. The summed E-state index contributed by atoms with van der Waals surface area (Å²) >= 11 is 0. The minimum Gasteiger partial charge on any atom is -0.608 e. The van der Waals surface area contributed by atoms with Crippen LogP contribution >= 0.6 is 0 Å². The number of hydrogen-bond acceptors (Lipinski definition) is 2. The molecule has 0 aliphatic heterocycles. The number of hydroxylamine groups is 1. The van der Waals surface area contributed by atoms with Gasteiger partial charge in [0.2, 0.25) is 0 Å². The Bertz CT molecular complexity index is 104. The van der Waals surface area contributed by atoms with Crippen LogP contribution in [0.5, 0.6) is 0 Å². The minimum absolute atomic E-state index is 0.0541.